The molecule has 1 amide bonds. The van der Waals surface area contributed by atoms with Gasteiger partial charge in [0.25, 0.3) is 5.91 Å². The Morgan fingerprint density at radius 2 is 1.76 bits per heavy atom. The van der Waals surface area contributed by atoms with Crippen LogP contribution in [0.15, 0.2) is 64.9 Å². The van der Waals surface area contributed by atoms with Gasteiger partial charge in [-0.05, 0) is 18.6 Å². The van der Waals surface area contributed by atoms with Gasteiger partial charge in [0, 0.05) is 11.1 Å². The maximum Gasteiger partial charge on any atom is 0.271 e. The predicted molar refractivity (Wildman–Crippen MR) is 81.9 cm³/mol. The van der Waals surface area contributed by atoms with Gasteiger partial charge in [-0.2, -0.15) is 5.10 Å². The Morgan fingerprint density at radius 3 is 2.43 bits per heavy atom. The van der Waals surface area contributed by atoms with Gasteiger partial charge in [-0.3, -0.25) is 4.79 Å². The van der Waals surface area contributed by atoms with Gasteiger partial charge in [-0.1, -0.05) is 53.7 Å². The minimum atomic E-state index is -0.312. The van der Waals surface area contributed by atoms with Crippen LogP contribution in [0, 0.1) is 6.92 Å². The van der Waals surface area contributed by atoms with Crippen LogP contribution in [-0.4, -0.2) is 23.0 Å². The van der Waals surface area contributed by atoms with Crippen molar-refractivity contribution in [3.63, 3.8) is 0 Å². The summed E-state index contributed by atoms with van der Waals surface area (Å²) in [5.41, 5.74) is 4.98. The SMILES string of the molecule is Cc1ccccc1C(=O)N/N=C(\C=N\O)c1ccccc1. The van der Waals surface area contributed by atoms with Gasteiger partial charge in [0.15, 0.2) is 0 Å². The molecule has 0 aliphatic rings. The molecular formula is C16H15N3O2. The average molecular weight is 281 g/mol. The molecule has 5 nitrogen and oxygen atoms in total. The molecule has 2 N–H and O–H groups in total. The van der Waals surface area contributed by atoms with Gasteiger partial charge in [0.2, 0.25) is 0 Å². The third-order valence-corrected chi connectivity index (χ3v) is 2.92. The number of hydrogen-bond acceptors (Lipinski definition) is 4. The van der Waals surface area contributed by atoms with Gasteiger partial charge in [-0.15, -0.1) is 0 Å². The molecule has 0 bridgehead atoms. The van der Waals surface area contributed by atoms with E-state index in [0.29, 0.717) is 11.3 Å². The molecule has 0 heterocycles. The molecule has 2 aromatic carbocycles. The van der Waals surface area contributed by atoms with Crippen LogP contribution in [0.4, 0.5) is 0 Å². The predicted octanol–water partition coefficient (Wildman–Crippen LogP) is 2.59. The highest BCUT2D eigenvalue weighted by Gasteiger charge is 2.08. The number of oxime groups is 1. The minimum Gasteiger partial charge on any atom is -0.411 e. The van der Waals surface area contributed by atoms with Crippen LogP contribution in [0.1, 0.15) is 21.5 Å². The Bertz CT molecular complexity index is 679. The lowest BCUT2D eigenvalue weighted by Crippen LogP contribution is -2.21. The van der Waals surface area contributed by atoms with Gasteiger partial charge in [0.05, 0.1) is 6.21 Å². The number of aryl methyl sites for hydroxylation is 1. The smallest absolute Gasteiger partial charge is 0.271 e. The first-order valence-corrected chi connectivity index (χ1v) is 6.39. The molecule has 0 fully saturated rings. The van der Waals surface area contributed by atoms with Crippen LogP contribution in [0.25, 0.3) is 0 Å². The molecule has 0 saturated heterocycles. The third kappa shape index (κ3) is 3.76. The Balaban J connectivity index is 2.21. The van der Waals surface area contributed by atoms with Crippen LogP contribution < -0.4 is 5.43 Å². The second-order valence-electron chi connectivity index (χ2n) is 4.36. The van der Waals surface area contributed by atoms with Crippen LogP contribution in [0.3, 0.4) is 0 Å². The van der Waals surface area contributed by atoms with E-state index in [-0.39, 0.29) is 5.91 Å². The lowest BCUT2D eigenvalue weighted by molar-refractivity contribution is 0.0954. The topological polar surface area (TPSA) is 74.0 Å². The first-order valence-electron chi connectivity index (χ1n) is 6.39. The van der Waals surface area contributed by atoms with Crippen LogP contribution in [0.2, 0.25) is 0 Å². The lowest BCUT2D eigenvalue weighted by Gasteiger charge is -2.05. The van der Waals surface area contributed by atoms with E-state index < -0.39 is 0 Å². The molecule has 0 saturated carbocycles. The van der Waals surface area contributed by atoms with Crippen molar-refractivity contribution in [2.45, 2.75) is 6.92 Å². The van der Waals surface area contributed by atoms with E-state index in [2.05, 4.69) is 15.7 Å². The molecule has 0 aromatic heterocycles. The minimum absolute atomic E-state index is 0.312. The van der Waals surface area contributed by atoms with E-state index in [4.69, 9.17) is 5.21 Å². The number of nitrogens with zero attached hydrogens (tertiary/aromatic N) is 2. The Kier molecular flexibility index (Phi) is 4.82. The molecule has 0 radical (unpaired) electrons. The normalized spacial score (nSPS) is 11.6. The second kappa shape index (κ2) is 7.00. The maximum atomic E-state index is 12.1. The first-order chi connectivity index (χ1) is 10.2. The summed E-state index contributed by atoms with van der Waals surface area (Å²) in [5.74, 6) is -0.312. The van der Waals surface area contributed by atoms with E-state index in [9.17, 15) is 4.79 Å². The molecule has 5 heteroatoms. The summed E-state index contributed by atoms with van der Waals surface area (Å²) in [6, 6.07) is 16.4. The fourth-order valence-electron chi connectivity index (χ4n) is 1.83. The number of nitrogens with one attached hydrogen (secondary N) is 1. The second-order valence-corrected chi connectivity index (χ2v) is 4.36. The van der Waals surface area contributed by atoms with Crippen molar-refractivity contribution in [1.82, 2.24) is 5.43 Å². The number of carbonyl (C=O) groups excluding carboxylic acids is 1. The van der Waals surface area contributed by atoms with Crippen molar-refractivity contribution in [3.8, 4) is 0 Å². The highest BCUT2D eigenvalue weighted by atomic mass is 16.4. The standard InChI is InChI=1S/C16H15N3O2/c1-12-7-5-6-10-14(12)16(20)19-18-15(11-17-21)13-8-3-2-4-9-13/h2-11,21H,1H3,(H,19,20)/b17-11+,18-15+. The number of amides is 1. The molecule has 106 valence electrons. The molecule has 0 unspecified atom stereocenters. The number of hydrogen-bond donors (Lipinski definition) is 2. The van der Waals surface area contributed by atoms with Crippen molar-refractivity contribution in [1.29, 1.82) is 0 Å². The fourth-order valence-corrected chi connectivity index (χ4v) is 1.83. The number of benzene rings is 2. The van der Waals surface area contributed by atoms with E-state index in [1.54, 1.807) is 24.3 Å². The Morgan fingerprint density at radius 1 is 1.10 bits per heavy atom. The van der Waals surface area contributed by atoms with Gasteiger partial charge < -0.3 is 5.21 Å². The molecule has 2 aromatic rings. The third-order valence-electron chi connectivity index (χ3n) is 2.92. The highest BCUT2D eigenvalue weighted by Crippen LogP contribution is 2.06. The van der Waals surface area contributed by atoms with E-state index in [1.807, 2.05) is 37.3 Å². The zero-order chi connectivity index (χ0) is 15.1. The Labute approximate surface area is 122 Å². The van der Waals surface area contributed by atoms with Gasteiger partial charge in [0.1, 0.15) is 5.71 Å². The summed E-state index contributed by atoms with van der Waals surface area (Å²) >= 11 is 0. The largest absolute Gasteiger partial charge is 0.411 e. The molecule has 0 atom stereocenters. The van der Waals surface area contributed by atoms with Crippen LogP contribution in [0.5, 0.6) is 0 Å². The van der Waals surface area contributed by atoms with Crippen molar-refractivity contribution in [2.24, 2.45) is 10.3 Å². The van der Waals surface area contributed by atoms with E-state index in [1.165, 1.54) is 6.21 Å². The summed E-state index contributed by atoms with van der Waals surface area (Å²) in [6.07, 6.45) is 1.17. The molecule has 0 spiro atoms. The van der Waals surface area contributed by atoms with Crippen molar-refractivity contribution < 1.29 is 10.0 Å². The summed E-state index contributed by atoms with van der Waals surface area (Å²) < 4.78 is 0. The summed E-state index contributed by atoms with van der Waals surface area (Å²) in [4.78, 5) is 12.1. The van der Waals surface area contributed by atoms with Crippen molar-refractivity contribution in [2.75, 3.05) is 0 Å². The van der Waals surface area contributed by atoms with Crippen LogP contribution in [-0.2, 0) is 0 Å². The zero-order valence-electron chi connectivity index (χ0n) is 11.5. The summed E-state index contributed by atoms with van der Waals surface area (Å²) in [6.45, 7) is 1.85. The van der Waals surface area contributed by atoms with E-state index in [0.717, 1.165) is 11.1 Å². The summed E-state index contributed by atoms with van der Waals surface area (Å²) in [7, 11) is 0. The molecule has 0 aliphatic carbocycles. The Hall–Kier alpha value is -2.95. The summed E-state index contributed by atoms with van der Waals surface area (Å²) in [5, 5.41) is 15.7. The molecule has 21 heavy (non-hydrogen) atoms. The monoisotopic (exact) mass is 281 g/mol. The highest BCUT2D eigenvalue weighted by molar-refractivity contribution is 6.38. The van der Waals surface area contributed by atoms with Crippen molar-refractivity contribution >= 4 is 17.8 Å². The number of carbonyl (C=O) groups is 1. The van der Waals surface area contributed by atoms with Crippen molar-refractivity contribution in [3.05, 3.63) is 71.3 Å². The molecule has 0 aliphatic heterocycles. The van der Waals surface area contributed by atoms with Crippen LogP contribution >= 0.6 is 0 Å². The average Bonchev–Trinajstić information content (AvgIpc) is 2.52. The fraction of sp³-hybridized carbons (Fsp3) is 0.0625. The molecule has 2 rings (SSSR count). The maximum absolute atomic E-state index is 12.1. The van der Waals surface area contributed by atoms with E-state index >= 15 is 0 Å². The quantitative estimate of drug-likeness (QED) is 0.513. The molecular weight excluding hydrogens is 266 g/mol. The van der Waals surface area contributed by atoms with Gasteiger partial charge >= 0.3 is 0 Å². The zero-order valence-corrected chi connectivity index (χ0v) is 11.5. The number of rotatable bonds is 4. The first kappa shape index (κ1) is 14.5. The van der Waals surface area contributed by atoms with Gasteiger partial charge in [-0.25, -0.2) is 5.43 Å². The lowest BCUT2D eigenvalue weighted by atomic mass is 10.1. The number of hydrazone groups is 1.